The second-order valence-electron chi connectivity index (χ2n) is 9.35. The summed E-state index contributed by atoms with van der Waals surface area (Å²) in [5, 5.41) is 10.5. The Morgan fingerprint density at radius 2 is 1.63 bits per heavy atom. The number of nitrogens with zero attached hydrogens (tertiary/aromatic N) is 3. The van der Waals surface area contributed by atoms with Gasteiger partial charge in [0, 0.05) is 49.7 Å². The normalized spacial score (nSPS) is 14.6. The fourth-order valence-electron chi connectivity index (χ4n) is 4.61. The van der Waals surface area contributed by atoms with E-state index in [4.69, 9.17) is 9.47 Å². The number of benzene rings is 3. The number of ether oxygens (including phenoxy) is 2. The molecule has 3 aromatic carbocycles. The fourth-order valence-corrected chi connectivity index (χ4v) is 4.61. The van der Waals surface area contributed by atoms with Crippen LogP contribution in [0.1, 0.15) is 15.9 Å². The number of hydrogen-bond acceptors (Lipinski definition) is 6. The predicted molar refractivity (Wildman–Crippen MR) is 142 cm³/mol. The van der Waals surface area contributed by atoms with Crippen LogP contribution in [0.3, 0.4) is 0 Å². The summed E-state index contributed by atoms with van der Waals surface area (Å²) in [5.74, 6) is -1.93. The quantitative estimate of drug-likeness (QED) is 0.372. The van der Waals surface area contributed by atoms with E-state index in [0.717, 1.165) is 44.4 Å². The van der Waals surface area contributed by atoms with Crippen LogP contribution in [-0.4, -0.2) is 73.4 Å². The topological polar surface area (TPSA) is 82.7 Å². The highest BCUT2D eigenvalue weighted by atomic mass is 19.1. The summed E-state index contributed by atoms with van der Waals surface area (Å²) in [4.78, 5) is 17.6. The van der Waals surface area contributed by atoms with Gasteiger partial charge in [0.1, 0.15) is 0 Å². The molecule has 0 atom stereocenters. The lowest BCUT2D eigenvalue weighted by Crippen LogP contribution is -2.43. The molecule has 0 unspecified atom stereocenters. The summed E-state index contributed by atoms with van der Waals surface area (Å²) in [7, 11) is 4.73. The number of halogens is 2. The number of methoxy groups -OCH3 is 2. The van der Waals surface area contributed by atoms with E-state index in [0.29, 0.717) is 22.3 Å². The van der Waals surface area contributed by atoms with Crippen molar-refractivity contribution < 1.29 is 23.0 Å². The first-order chi connectivity index (χ1) is 18.4. The molecule has 1 aliphatic rings. The fraction of sp³-hybridized carbons (Fsp3) is 0.286. The minimum Gasteiger partial charge on any atom is -0.494 e. The second-order valence-corrected chi connectivity index (χ2v) is 9.35. The van der Waals surface area contributed by atoms with E-state index >= 15 is 0 Å². The highest BCUT2D eigenvalue weighted by Crippen LogP contribution is 2.38. The lowest BCUT2D eigenvalue weighted by Gasteiger charge is -2.32. The SMILES string of the molecule is COc1cc(OC)c(F)c(-c2ccc3c(NC(=O)c4ccc(CN5CCN(C)CC5)cc4)n[nH]c3c2)c1F. The van der Waals surface area contributed by atoms with Crippen molar-refractivity contribution in [1.29, 1.82) is 0 Å². The van der Waals surface area contributed by atoms with Crippen LogP contribution in [0.15, 0.2) is 48.5 Å². The molecule has 0 saturated carbocycles. The smallest absolute Gasteiger partial charge is 0.256 e. The highest BCUT2D eigenvalue weighted by Gasteiger charge is 2.22. The van der Waals surface area contributed by atoms with Gasteiger partial charge in [0.05, 0.1) is 25.3 Å². The van der Waals surface area contributed by atoms with Gasteiger partial charge >= 0.3 is 0 Å². The van der Waals surface area contributed by atoms with Crippen LogP contribution in [0.4, 0.5) is 14.6 Å². The number of rotatable bonds is 7. The van der Waals surface area contributed by atoms with Crippen molar-refractivity contribution in [3.63, 3.8) is 0 Å². The molecular formula is C28H29F2N5O3. The zero-order valence-corrected chi connectivity index (χ0v) is 21.5. The molecule has 1 saturated heterocycles. The Balaban J connectivity index is 1.33. The molecule has 5 rings (SSSR count). The van der Waals surface area contributed by atoms with Crippen molar-refractivity contribution in [2.75, 3.05) is 52.8 Å². The lowest BCUT2D eigenvalue weighted by atomic mass is 10.0. The third-order valence-electron chi connectivity index (χ3n) is 6.88. The number of nitrogens with one attached hydrogen (secondary N) is 2. The first-order valence-electron chi connectivity index (χ1n) is 12.3. The standard InChI is InChI=1S/C28H29F2N5O3/c1-34-10-12-35(13-11-34)16-17-4-6-18(7-5-17)28(36)31-27-20-9-8-19(14-21(20)32-33-27)24-25(29)22(37-2)15-23(38-3)26(24)30/h4-9,14-15H,10-13,16H2,1-3H3,(H2,31,32,33,36). The van der Waals surface area contributed by atoms with Gasteiger partial charge in [-0.15, -0.1) is 0 Å². The van der Waals surface area contributed by atoms with Gasteiger partial charge in [-0.25, -0.2) is 8.78 Å². The molecule has 4 aromatic rings. The van der Waals surface area contributed by atoms with Crippen LogP contribution >= 0.6 is 0 Å². The number of carbonyl (C=O) groups excluding carboxylic acids is 1. The molecule has 8 nitrogen and oxygen atoms in total. The Morgan fingerprint density at radius 1 is 0.974 bits per heavy atom. The zero-order valence-electron chi connectivity index (χ0n) is 21.5. The Labute approximate surface area is 219 Å². The molecule has 2 heterocycles. The van der Waals surface area contributed by atoms with Crippen molar-refractivity contribution >= 4 is 22.6 Å². The molecule has 0 spiro atoms. The van der Waals surface area contributed by atoms with E-state index < -0.39 is 11.6 Å². The van der Waals surface area contributed by atoms with Crippen LogP contribution in [0, 0.1) is 11.6 Å². The van der Waals surface area contributed by atoms with Crippen LogP contribution in [0.5, 0.6) is 11.5 Å². The third-order valence-corrected chi connectivity index (χ3v) is 6.88. The molecular weight excluding hydrogens is 492 g/mol. The Morgan fingerprint density at radius 3 is 2.26 bits per heavy atom. The van der Waals surface area contributed by atoms with Gasteiger partial charge in [-0.2, -0.15) is 5.10 Å². The van der Waals surface area contributed by atoms with E-state index in [2.05, 4.69) is 32.4 Å². The van der Waals surface area contributed by atoms with Crippen molar-refractivity contribution in [2.45, 2.75) is 6.54 Å². The molecule has 198 valence electrons. The predicted octanol–water partition coefficient (Wildman–Crippen LogP) is 4.53. The Kier molecular flexibility index (Phi) is 7.26. The van der Waals surface area contributed by atoms with Gasteiger partial charge < -0.3 is 19.7 Å². The van der Waals surface area contributed by atoms with Crippen LogP contribution in [0.2, 0.25) is 0 Å². The molecule has 1 aromatic heterocycles. The number of aromatic amines is 1. The van der Waals surface area contributed by atoms with Crippen LogP contribution in [-0.2, 0) is 6.54 Å². The number of likely N-dealkylation sites (N-methyl/N-ethyl adjacent to an activating group) is 1. The average molecular weight is 522 g/mol. The average Bonchev–Trinajstić information content (AvgIpc) is 3.32. The summed E-state index contributed by atoms with van der Waals surface area (Å²) in [6, 6.07) is 13.5. The minimum atomic E-state index is -0.839. The molecule has 0 bridgehead atoms. The maximum absolute atomic E-state index is 15.0. The molecule has 2 N–H and O–H groups in total. The van der Waals surface area contributed by atoms with Gasteiger partial charge in [0.15, 0.2) is 29.0 Å². The second kappa shape index (κ2) is 10.8. The number of hydrogen-bond donors (Lipinski definition) is 2. The number of aromatic nitrogens is 2. The number of anilines is 1. The first-order valence-corrected chi connectivity index (χ1v) is 12.3. The molecule has 10 heteroatoms. The largest absolute Gasteiger partial charge is 0.494 e. The Hall–Kier alpha value is -4.02. The third kappa shape index (κ3) is 5.05. The summed E-state index contributed by atoms with van der Waals surface area (Å²) in [5.41, 5.74) is 2.15. The van der Waals surface area contributed by atoms with E-state index in [-0.39, 0.29) is 28.5 Å². The number of fused-ring (bicyclic) bond motifs is 1. The first kappa shape index (κ1) is 25.6. The molecule has 0 aliphatic carbocycles. The van der Waals surface area contributed by atoms with E-state index in [1.165, 1.54) is 14.2 Å². The van der Waals surface area contributed by atoms with E-state index in [9.17, 15) is 13.6 Å². The van der Waals surface area contributed by atoms with E-state index in [1.54, 1.807) is 30.3 Å². The van der Waals surface area contributed by atoms with Crippen LogP contribution in [0.25, 0.3) is 22.0 Å². The van der Waals surface area contributed by atoms with E-state index in [1.807, 2.05) is 12.1 Å². The van der Waals surface area contributed by atoms with Crippen LogP contribution < -0.4 is 14.8 Å². The summed E-state index contributed by atoms with van der Waals surface area (Å²) < 4.78 is 40.0. The van der Waals surface area contributed by atoms with Gasteiger partial charge in [-0.05, 0) is 42.4 Å². The molecule has 1 fully saturated rings. The zero-order chi connectivity index (χ0) is 26.8. The summed E-state index contributed by atoms with van der Waals surface area (Å²) in [6.07, 6.45) is 0. The maximum Gasteiger partial charge on any atom is 0.256 e. The number of H-pyrrole nitrogens is 1. The van der Waals surface area contributed by atoms with Gasteiger partial charge in [0.2, 0.25) is 0 Å². The van der Waals surface area contributed by atoms with Crippen molar-refractivity contribution in [2.24, 2.45) is 0 Å². The molecule has 1 amide bonds. The maximum atomic E-state index is 15.0. The summed E-state index contributed by atoms with van der Waals surface area (Å²) in [6.45, 7) is 5.01. The van der Waals surface area contributed by atoms with Gasteiger partial charge in [-0.3, -0.25) is 14.8 Å². The Bertz CT molecular complexity index is 1440. The van der Waals surface area contributed by atoms with Crippen molar-refractivity contribution in [3.05, 3.63) is 71.3 Å². The van der Waals surface area contributed by atoms with Crippen molar-refractivity contribution in [1.82, 2.24) is 20.0 Å². The molecule has 38 heavy (non-hydrogen) atoms. The summed E-state index contributed by atoms with van der Waals surface area (Å²) >= 11 is 0. The monoisotopic (exact) mass is 521 g/mol. The van der Waals surface area contributed by atoms with Gasteiger partial charge in [0.25, 0.3) is 5.91 Å². The van der Waals surface area contributed by atoms with Gasteiger partial charge in [-0.1, -0.05) is 18.2 Å². The lowest BCUT2D eigenvalue weighted by molar-refractivity contribution is 0.102. The minimum absolute atomic E-state index is 0.134. The molecule has 1 aliphatic heterocycles. The number of carbonyl (C=O) groups is 1. The number of amides is 1. The highest BCUT2D eigenvalue weighted by molar-refractivity contribution is 6.08. The number of piperazine rings is 1. The van der Waals surface area contributed by atoms with Crippen molar-refractivity contribution in [3.8, 4) is 22.6 Å². The molecule has 0 radical (unpaired) electrons.